The molecule has 0 aliphatic heterocycles. The van der Waals surface area contributed by atoms with E-state index in [0.29, 0.717) is 5.56 Å². The third kappa shape index (κ3) is 4.84. The van der Waals surface area contributed by atoms with Crippen LogP contribution in [0.15, 0.2) is 24.3 Å². The molecule has 114 valence electrons. The van der Waals surface area contributed by atoms with E-state index in [4.69, 9.17) is 5.73 Å². The van der Waals surface area contributed by atoms with Crippen molar-refractivity contribution in [3.63, 3.8) is 0 Å². The molecule has 21 heavy (non-hydrogen) atoms. The molecule has 1 aromatic rings. The molecule has 1 rings (SSSR count). The van der Waals surface area contributed by atoms with Gasteiger partial charge in [0.15, 0.2) is 0 Å². The fourth-order valence-electron chi connectivity index (χ4n) is 1.72. The van der Waals surface area contributed by atoms with Crippen molar-refractivity contribution in [2.45, 2.75) is 19.4 Å². The molecule has 0 heterocycles. The number of benzene rings is 1. The van der Waals surface area contributed by atoms with Crippen LogP contribution in [0.2, 0.25) is 0 Å². The third-order valence-electron chi connectivity index (χ3n) is 2.88. The first-order valence-corrected chi connectivity index (χ1v) is 6.29. The van der Waals surface area contributed by atoms with Crippen molar-refractivity contribution in [3.05, 3.63) is 39.9 Å². The second-order valence-electron chi connectivity index (χ2n) is 4.96. The molecule has 0 saturated heterocycles. The van der Waals surface area contributed by atoms with Gasteiger partial charge in [0.1, 0.15) is 0 Å². The summed E-state index contributed by atoms with van der Waals surface area (Å²) in [6, 6.07) is 5.91. The third-order valence-corrected chi connectivity index (χ3v) is 2.88. The van der Waals surface area contributed by atoms with Crippen LogP contribution >= 0.6 is 0 Å². The molecule has 0 aromatic heterocycles. The number of nitrogens with one attached hydrogen (secondary N) is 2. The average molecular weight is 294 g/mol. The minimum Gasteiger partial charge on any atom is -0.346 e. The van der Waals surface area contributed by atoms with Crippen molar-refractivity contribution in [3.8, 4) is 0 Å². The summed E-state index contributed by atoms with van der Waals surface area (Å²) < 4.78 is 0. The zero-order valence-electron chi connectivity index (χ0n) is 11.9. The van der Waals surface area contributed by atoms with Crippen LogP contribution in [0.1, 0.15) is 19.4 Å². The second kappa shape index (κ2) is 6.80. The SMILES string of the molecule is CC(C)(NC(=O)CNC(=O)CN)c1ccc([N+](=O)[O-])cc1. The highest BCUT2D eigenvalue weighted by atomic mass is 16.6. The summed E-state index contributed by atoms with van der Waals surface area (Å²) in [5.74, 6) is -0.793. The molecular formula is C13H18N4O4. The van der Waals surface area contributed by atoms with Gasteiger partial charge < -0.3 is 16.4 Å². The van der Waals surface area contributed by atoms with Crippen molar-refractivity contribution in [1.82, 2.24) is 10.6 Å². The predicted molar refractivity (Wildman–Crippen MR) is 76.3 cm³/mol. The number of rotatable bonds is 6. The molecule has 0 unspecified atom stereocenters. The van der Waals surface area contributed by atoms with Gasteiger partial charge in [-0.1, -0.05) is 0 Å². The lowest BCUT2D eigenvalue weighted by atomic mass is 9.94. The van der Waals surface area contributed by atoms with Crippen molar-refractivity contribution in [1.29, 1.82) is 0 Å². The zero-order chi connectivity index (χ0) is 16.0. The number of nitrogens with zero attached hydrogens (tertiary/aromatic N) is 1. The second-order valence-corrected chi connectivity index (χ2v) is 4.96. The fraction of sp³-hybridized carbons (Fsp3) is 0.385. The van der Waals surface area contributed by atoms with Crippen LogP contribution in [0.5, 0.6) is 0 Å². The zero-order valence-corrected chi connectivity index (χ0v) is 11.9. The number of hydrogen-bond acceptors (Lipinski definition) is 5. The van der Waals surface area contributed by atoms with Crippen LogP contribution in [0, 0.1) is 10.1 Å². The van der Waals surface area contributed by atoms with Crippen LogP contribution in [0.25, 0.3) is 0 Å². The quantitative estimate of drug-likeness (QED) is 0.503. The van der Waals surface area contributed by atoms with Gasteiger partial charge in [0.2, 0.25) is 11.8 Å². The molecule has 1 aromatic carbocycles. The standard InChI is InChI=1S/C13H18N4O4/c1-13(2,16-12(19)8-15-11(18)7-14)9-3-5-10(6-4-9)17(20)21/h3-6H,7-8,14H2,1-2H3,(H,15,18)(H,16,19). The maximum Gasteiger partial charge on any atom is 0.269 e. The lowest BCUT2D eigenvalue weighted by molar-refractivity contribution is -0.384. The summed E-state index contributed by atoms with van der Waals surface area (Å²) in [5, 5.41) is 15.7. The first-order valence-electron chi connectivity index (χ1n) is 6.29. The summed E-state index contributed by atoms with van der Waals surface area (Å²) in [6.07, 6.45) is 0. The lowest BCUT2D eigenvalue weighted by Crippen LogP contribution is -2.46. The Morgan fingerprint density at radius 3 is 2.29 bits per heavy atom. The van der Waals surface area contributed by atoms with Crippen LogP contribution in [-0.4, -0.2) is 29.8 Å². The van der Waals surface area contributed by atoms with Crippen LogP contribution < -0.4 is 16.4 Å². The number of carbonyl (C=O) groups excluding carboxylic acids is 2. The maximum absolute atomic E-state index is 11.8. The Labute approximate surface area is 121 Å². The average Bonchev–Trinajstić information content (AvgIpc) is 2.44. The van der Waals surface area contributed by atoms with Gasteiger partial charge in [-0.05, 0) is 31.5 Å². The van der Waals surface area contributed by atoms with E-state index in [0.717, 1.165) is 0 Å². The van der Waals surface area contributed by atoms with Crippen molar-refractivity contribution in [2.75, 3.05) is 13.1 Å². The van der Waals surface area contributed by atoms with E-state index < -0.39 is 16.4 Å². The summed E-state index contributed by atoms with van der Waals surface area (Å²) in [4.78, 5) is 32.8. The van der Waals surface area contributed by atoms with E-state index in [1.165, 1.54) is 12.1 Å². The van der Waals surface area contributed by atoms with E-state index in [2.05, 4.69) is 10.6 Å². The van der Waals surface area contributed by atoms with E-state index >= 15 is 0 Å². The molecule has 0 bridgehead atoms. The number of hydrogen-bond donors (Lipinski definition) is 3. The first kappa shape index (κ1) is 16.6. The fourth-order valence-corrected chi connectivity index (χ4v) is 1.72. The first-order chi connectivity index (χ1) is 9.76. The van der Waals surface area contributed by atoms with Gasteiger partial charge in [0, 0.05) is 12.1 Å². The van der Waals surface area contributed by atoms with Crippen molar-refractivity contribution < 1.29 is 14.5 Å². The highest BCUT2D eigenvalue weighted by molar-refractivity contribution is 5.85. The van der Waals surface area contributed by atoms with E-state index in [-0.39, 0.29) is 24.7 Å². The summed E-state index contributed by atoms with van der Waals surface area (Å²) in [5.41, 5.74) is 5.09. The highest BCUT2D eigenvalue weighted by Gasteiger charge is 2.23. The van der Waals surface area contributed by atoms with Crippen molar-refractivity contribution in [2.24, 2.45) is 5.73 Å². The Balaban J connectivity index is 2.69. The van der Waals surface area contributed by atoms with E-state index in [1.54, 1.807) is 26.0 Å². The Hall–Kier alpha value is -2.48. The number of non-ortho nitro benzene ring substituents is 1. The van der Waals surface area contributed by atoms with Gasteiger partial charge in [0.25, 0.3) is 5.69 Å². The number of nitro benzene ring substituents is 1. The summed E-state index contributed by atoms with van der Waals surface area (Å²) >= 11 is 0. The molecular weight excluding hydrogens is 276 g/mol. The summed E-state index contributed by atoms with van der Waals surface area (Å²) in [7, 11) is 0. The molecule has 0 fully saturated rings. The monoisotopic (exact) mass is 294 g/mol. The van der Waals surface area contributed by atoms with Gasteiger partial charge in [-0.25, -0.2) is 0 Å². The largest absolute Gasteiger partial charge is 0.346 e. The van der Waals surface area contributed by atoms with Gasteiger partial charge in [0.05, 0.1) is 23.6 Å². The van der Waals surface area contributed by atoms with Crippen LogP contribution in [0.3, 0.4) is 0 Å². The minimum atomic E-state index is -0.723. The Kier molecular flexibility index (Phi) is 5.37. The molecule has 8 heteroatoms. The Morgan fingerprint density at radius 2 is 1.81 bits per heavy atom. The van der Waals surface area contributed by atoms with Crippen molar-refractivity contribution >= 4 is 17.5 Å². The molecule has 8 nitrogen and oxygen atoms in total. The molecule has 0 radical (unpaired) electrons. The molecule has 0 aliphatic carbocycles. The number of amides is 2. The minimum absolute atomic E-state index is 0.0175. The molecule has 4 N–H and O–H groups in total. The Bertz CT molecular complexity index is 540. The number of nitro groups is 1. The van der Waals surface area contributed by atoms with E-state index in [9.17, 15) is 19.7 Å². The lowest BCUT2D eigenvalue weighted by Gasteiger charge is -2.27. The molecule has 0 spiro atoms. The van der Waals surface area contributed by atoms with E-state index in [1.807, 2.05) is 0 Å². The van der Waals surface area contributed by atoms with Gasteiger partial charge >= 0.3 is 0 Å². The van der Waals surface area contributed by atoms with Gasteiger partial charge in [-0.2, -0.15) is 0 Å². The van der Waals surface area contributed by atoms with Gasteiger partial charge in [-0.3, -0.25) is 19.7 Å². The Morgan fingerprint density at radius 1 is 1.24 bits per heavy atom. The normalized spacial score (nSPS) is 10.8. The van der Waals surface area contributed by atoms with Gasteiger partial charge in [-0.15, -0.1) is 0 Å². The number of nitrogens with two attached hydrogens (primary N) is 1. The topological polar surface area (TPSA) is 127 Å². The summed E-state index contributed by atoms with van der Waals surface area (Å²) in [6.45, 7) is 3.17. The maximum atomic E-state index is 11.8. The molecule has 0 atom stereocenters. The molecule has 0 saturated carbocycles. The van der Waals surface area contributed by atoms with Crippen LogP contribution in [0.4, 0.5) is 5.69 Å². The predicted octanol–water partition coefficient (Wildman–Crippen LogP) is 0.0210. The highest BCUT2D eigenvalue weighted by Crippen LogP contribution is 2.22. The molecule has 2 amide bonds. The molecule has 0 aliphatic rings. The number of carbonyl (C=O) groups is 2. The van der Waals surface area contributed by atoms with Crippen LogP contribution in [-0.2, 0) is 15.1 Å². The smallest absolute Gasteiger partial charge is 0.269 e.